The van der Waals surface area contributed by atoms with Crippen LogP contribution in [0.5, 0.6) is 5.75 Å². The smallest absolute Gasteiger partial charge is 0.418 e. The Morgan fingerprint density at radius 2 is 1.72 bits per heavy atom. The Morgan fingerprint density at radius 1 is 1.00 bits per heavy atom. The molecule has 0 aromatic heterocycles. The van der Waals surface area contributed by atoms with Crippen LogP contribution in [0.15, 0.2) is 72.8 Å². The molecule has 6 nitrogen and oxygen atoms in total. The average Bonchev–Trinajstić information content (AvgIpc) is 3.42. The van der Waals surface area contributed by atoms with Gasteiger partial charge in [-0.05, 0) is 61.2 Å². The second-order valence-electron chi connectivity index (χ2n) is 9.61. The molecule has 1 amide bonds. The van der Waals surface area contributed by atoms with Crippen LogP contribution in [0, 0.1) is 5.41 Å². The van der Waals surface area contributed by atoms with Crippen LogP contribution in [0.2, 0.25) is 0 Å². The number of ether oxygens (including phenoxy) is 2. The Hall–Kier alpha value is -3.85. The number of anilines is 2. The van der Waals surface area contributed by atoms with Crippen molar-refractivity contribution in [3.8, 4) is 5.75 Å². The number of alkyl halides is 3. The van der Waals surface area contributed by atoms with Crippen molar-refractivity contribution in [1.29, 1.82) is 0 Å². The van der Waals surface area contributed by atoms with Gasteiger partial charge in [0.15, 0.2) is 5.78 Å². The van der Waals surface area contributed by atoms with E-state index in [1.54, 1.807) is 48.5 Å². The highest BCUT2D eigenvalue weighted by Gasteiger charge is 2.41. The first-order valence-electron chi connectivity index (χ1n) is 12.8. The number of ketones is 1. The summed E-state index contributed by atoms with van der Waals surface area (Å²) < 4.78 is 50.6. The van der Waals surface area contributed by atoms with E-state index in [-0.39, 0.29) is 23.9 Å². The van der Waals surface area contributed by atoms with Crippen molar-refractivity contribution in [2.24, 2.45) is 5.41 Å². The molecule has 206 valence electrons. The molecule has 0 bridgehead atoms. The van der Waals surface area contributed by atoms with Crippen LogP contribution in [-0.4, -0.2) is 32.0 Å². The summed E-state index contributed by atoms with van der Waals surface area (Å²) in [6, 6.07) is 19.2. The molecule has 3 aromatic rings. The molecule has 1 heterocycles. The molecule has 39 heavy (non-hydrogen) atoms. The lowest BCUT2D eigenvalue weighted by Gasteiger charge is -2.26. The maximum Gasteiger partial charge on any atom is 0.418 e. The molecule has 3 aromatic carbocycles. The first-order chi connectivity index (χ1) is 18.7. The van der Waals surface area contributed by atoms with Gasteiger partial charge in [0.05, 0.1) is 35.9 Å². The van der Waals surface area contributed by atoms with Gasteiger partial charge in [0.25, 0.3) is 0 Å². The van der Waals surface area contributed by atoms with Gasteiger partial charge < -0.3 is 20.1 Å². The van der Waals surface area contributed by atoms with Gasteiger partial charge in [0.2, 0.25) is 5.91 Å². The zero-order valence-electron chi connectivity index (χ0n) is 21.6. The van der Waals surface area contributed by atoms with Gasteiger partial charge in [-0.15, -0.1) is 0 Å². The summed E-state index contributed by atoms with van der Waals surface area (Å²) in [5.74, 6) is 0.365. The second-order valence-corrected chi connectivity index (χ2v) is 9.61. The number of nitrogens with one attached hydrogen (secondary N) is 2. The number of benzene rings is 3. The van der Waals surface area contributed by atoms with E-state index in [4.69, 9.17) is 9.47 Å². The maximum absolute atomic E-state index is 13.3. The molecule has 1 aliphatic rings. The van der Waals surface area contributed by atoms with E-state index in [2.05, 4.69) is 10.6 Å². The summed E-state index contributed by atoms with van der Waals surface area (Å²) in [6.07, 6.45) is -2.55. The van der Waals surface area contributed by atoms with Crippen molar-refractivity contribution >= 4 is 23.1 Å². The summed E-state index contributed by atoms with van der Waals surface area (Å²) in [7, 11) is 1.53. The largest absolute Gasteiger partial charge is 0.496 e. The second kappa shape index (κ2) is 12.3. The van der Waals surface area contributed by atoms with E-state index in [9.17, 15) is 22.8 Å². The molecule has 1 saturated heterocycles. The van der Waals surface area contributed by atoms with Crippen LogP contribution in [-0.2, 0) is 22.3 Å². The molecule has 0 unspecified atom stereocenters. The van der Waals surface area contributed by atoms with Crippen molar-refractivity contribution in [3.05, 3.63) is 89.5 Å². The minimum Gasteiger partial charge on any atom is -0.496 e. The topological polar surface area (TPSA) is 76.7 Å². The predicted octanol–water partition coefficient (Wildman–Crippen LogP) is 6.53. The Balaban J connectivity index is 1.32. The molecule has 0 radical (unpaired) electrons. The predicted molar refractivity (Wildman–Crippen MR) is 142 cm³/mol. The van der Waals surface area contributed by atoms with Crippen LogP contribution < -0.4 is 15.4 Å². The molecule has 0 spiro atoms. The highest BCUT2D eigenvalue weighted by atomic mass is 19.4. The van der Waals surface area contributed by atoms with Crippen molar-refractivity contribution in [2.45, 2.75) is 38.4 Å². The van der Waals surface area contributed by atoms with Gasteiger partial charge in [-0.2, -0.15) is 13.2 Å². The Labute approximate surface area is 225 Å². The SMILES string of the molecule is COc1ccccc1C(=O)CCC[C@@]1(C(=O)NCc2ccc(Nc3ccccc3C(F)(F)F)cc2)CCOC1. The third-order valence-electron chi connectivity index (χ3n) is 6.97. The number of hydrogen-bond donors (Lipinski definition) is 2. The Bertz CT molecular complexity index is 1290. The Kier molecular flexibility index (Phi) is 8.91. The highest BCUT2D eigenvalue weighted by Crippen LogP contribution is 2.37. The molecular formula is C30H31F3N2O4. The lowest BCUT2D eigenvalue weighted by atomic mass is 9.80. The quantitative estimate of drug-likeness (QED) is 0.270. The van der Waals surface area contributed by atoms with Crippen molar-refractivity contribution in [1.82, 2.24) is 5.32 Å². The number of Topliss-reactive ketones (excluding diaryl/α,β-unsaturated/α-hetero) is 1. The number of amides is 1. The van der Waals surface area contributed by atoms with Crippen molar-refractivity contribution < 1.29 is 32.2 Å². The molecular weight excluding hydrogens is 509 g/mol. The van der Waals surface area contributed by atoms with Gasteiger partial charge in [0.1, 0.15) is 5.75 Å². The summed E-state index contributed by atoms with van der Waals surface area (Å²) in [4.78, 5) is 25.9. The fourth-order valence-electron chi connectivity index (χ4n) is 4.76. The fourth-order valence-corrected chi connectivity index (χ4v) is 4.76. The minimum absolute atomic E-state index is 0.0292. The summed E-state index contributed by atoms with van der Waals surface area (Å²) in [6.45, 7) is 1.04. The molecule has 1 fully saturated rings. The maximum atomic E-state index is 13.3. The van der Waals surface area contributed by atoms with Crippen LogP contribution in [0.4, 0.5) is 24.5 Å². The van der Waals surface area contributed by atoms with Crippen LogP contribution in [0.3, 0.4) is 0 Å². The first kappa shape index (κ1) is 28.2. The molecule has 1 atom stereocenters. The number of halogens is 3. The summed E-state index contributed by atoms with van der Waals surface area (Å²) in [5, 5.41) is 5.79. The Morgan fingerprint density at radius 3 is 2.41 bits per heavy atom. The highest BCUT2D eigenvalue weighted by molar-refractivity contribution is 5.98. The lowest BCUT2D eigenvalue weighted by Crippen LogP contribution is -2.41. The zero-order chi connectivity index (χ0) is 27.9. The third-order valence-corrected chi connectivity index (χ3v) is 6.97. The minimum atomic E-state index is -4.46. The van der Waals surface area contributed by atoms with Crippen molar-refractivity contribution in [3.63, 3.8) is 0 Å². The third kappa shape index (κ3) is 6.97. The number of rotatable bonds is 11. The number of methoxy groups -OCH3 is 1. The number of para-hydroxylation sites is 2. The summed E-state index contributed by atoms with van der Waals surface area (Å²) in [5.41, 5.74) is 0.360. The van der Waals surface area contributed by atoms with Gasteiger partial charge in [0, 0.05) is 25.3 Å². The standard InChI is InChI=1S/C30H31F3N2O4/c1-38-27-11-5-2-7-23(27)26(36)10-6-16-29(17-18-39-20-29)28(37)34-19-21-12-14-22(15-13-21)35-25-9-4-3-8-24(25)30(31,32)33/h2-5,7-9,11-15,35H,6,10,16-20H2,1H3,(H,34,37)/t29-/m1/s1. The molecule has 2 N–H and O–H groups in total. The molecule has 0 saturated carbocycles. The van der Waals surface area contributed by atoms with E-state index >= 15 is 0 Å². The van der Waals surface area contributed by atoms with E-state index in [1.165, 1.54) is 19.2 Å². The first-order valence-corrected chi connectivity index (χ1v) is 12.8. The lowest BCUT2D eigenvalue weighted by molar-refractivity contribution is -0.137. The number of carbonyl (C=O) groups is 2. The van der Waals surface area contributed by atoms with Crippen LogP contribution in [0.25, 0.3) is 0 Å². The summed E-state index contributed by atoms with van der Waals surface area (Å²) >= 11 is 0. The van der Waals surface area contributed by atoms with E-state index in [0.29, 0.717) is 55.9 Å². The van der Waals surface area contributed by atoms with Crippen LogP contribution >= 0.6 is 0 Å². The fraction of sp³-hybridized carbons (Fsp3) is 0.333. The van der Waals surface area contributed by atoms with Crippen molar-refractivity contribution in [2.75, 3.05) is 25.6 Å². The number of carbonyl (C=O) groups excluding carboxylic acids is 2. The molecule has 9 heteroatoms. The normalized spacial score (nSPS) is 17.0. The van der Waals surface area contributed by atoms with Gasteiger partial charge in [-0.3, -0.25) is 9.59 Å². The molecule has 0 aliphatic carbocycles. The van der Waals surface area contributed by atoms with Gasteiger partial charge in [-0.1, -0.05) is 36.4 Å². The monoisotopic (exact) mass is 540 g/mol. The van der Waals surface area contributed by atoms with E-state index in [0.717, 1.165) is 11.6 Å². The van der Waals surface area contributed by atoms with E-state index in [1.807, 2.05) is 6.07 Å². The van der Waals surface area contributed by atoms with Crippen LogP contribution in [0.1, 0.15) is 47.2 Å². The zero-order valence-corrected chi connectivity index (χ0v) is 21.6. The number of hydrogen-bond acceptors (Lipinski definition) is 5. The van der Waals surface area contributed by atoms with E-state index < -0.39 is 17.2 Å². The van der Waals surface area contributed by atoms with Gasteiger partial charge in [-0.25, -0.2) is 0 Å². The average molecular weight is 541 g/mol. The molecule has 1 aliphatic heterocycles. The molecule has 4 rings (SSSR count). The van der Waals surface area contributed by atoms with Gasteiger partial charge >= 0.3 is 6.18 Å².